The van der Waals surface area contributed by atoms with Crippen LogP contribution in [0, 0.1) is 0 Å². The van der Waals surface area contributed by atoms with Gasteiger partial charge < -0.3 is 12.3 Å². The fraction of sp³-hybridized carbons (Fsp3) is 1.00. The van der Waals surface area contributed by atoms with Crippen LogP contribution in [0.5, 0.6) is 0 Å². The van der Waals surface area contributed by atoms with E-state index in [1.54, 1.807) is 0 Å². The van der Waals surface area contributed by atoms with Gasteiger partial charge >= 0.3 is 8.56 Å². The molecule has 1 unspecified atom stereocenters. The summed E-state index contributed by atoms with van der Waals surface area (Å²) in [4.78, 5) is 0. The zero-order valence-electron chi connectivity index (χ0n) is 17.3. The molecule has 134 valence electrons. The zero-order chi connectivity index (χ0) is 18.2. The third-order valence-electron chi connectivity index (χ3n) is 3.42. The van der Waals surface area contributed by atoms with E-state index >= 15 is 0 Å². The largest absolute Gasteiger partial charge is 0.456 e. The van der Waals surface area contributed by atoms with Crippen molar-refractivity contribution in [1.29, 1.82) is 0 Å². The molecule has 0 saturated heterocycles. The van der Waals surface area contributed by atoms with E-state index in [4.69, 9.17) is 12.3 Å². The summed E-state index contributed by atoms with van der Waals surface area (Å²) < 4.78 is 20.1. The lowest BCUT2D eigenvalue weighted by Crippen LogP contribution is -2.62. The Bertz CT molecular complexity index is 350. The molecule has 0 N–H and O–H groups in total. The zero-order valence-corrected chi connectivity index (χ0v) is 22.3. The fourth-order valence-corrected chi connectivity index (χ4v) is 28.3. The van der Waals surface area contributed by atoms with Crippen LogP contribution in [-0.2, 0) is 12.3 Å². The topological polar surface area (TPSA) is 27.7 Å². The summed E-state index contributed by atoms with van der Waals surface area (Å²) in [6, 6.07) is 0. The van der Waals surface area contributed by atoms with Gasteiger partial charge in [0, 0.05) is 5.16 Å². The van der Waals surface area contributed by atoms with E-state index in [1.165, 1.54) is 0 Å². The van der Waals surface area contributed by atoms with Crippen LogP contribution in [0.15, 0.2) is 0 Å². The summed E-state index contributed by atoms with van der Waals surface area (Å²) in [6.07, 6.45) is 0. The highest BCUT2D eigenvalue weighted by molar-refractivity contribution is 6.98. The third kappa shape index (κ3) is 8.72. The number of rotatable bonds is 8. The van der Waals surface area contributed by atoms with Crippen LogP contribution in [0.4, 0.5) is 0 Å². The van der Waals surface area contributed by atoms with Gasteiger partial charge in [-0.15, -0.1) is 0 Å². The minimum Gasteiger partial charge on any atom is -0.456 e. The molecule has 8 heteroatoms. The summed E-state index contributed by atoms with van der Waals surface area (Å²) in [7, 11) is -9.00. The van der Waals surface area contributed by atoms with Gasteiger partial charge in [-0.2, -0.15) is 0 Å². The molecule has 0 aliphatic carbocycles. The first-order valence-corrected chi connectivity index (χ1v) is 24.0. The molecule has 0 amide bonds. The van der Waals surface area contributed by atoms with Crippen molar-refractivity contribution in [1.82, 2.24) is 0 Å². The number of hydrogen-bond acceptors (Lipinski definition) is 3. The summed E-state index contributed by atoms with van der Waals surface area (Å²) in [6.45, 7) is 29.8. The Morgan fingerprint density at radius 3 is 1.00 bits per heavy atom. The van der Waals surface area contributed by atoms with Crippen molar-refractivity contribution in [2.45, 2.75) is 90.7 Å². The van der Waals surface area contributed by atoms with E-state index in [0.717, 1.165) is 0 Å². The van der Waals surface area contributed by atoms with Gasteiger partial charge in [-0.1, -0.05) is 6.92 Å². The summed E-state index contributed by atoms with van der Waals surface area (Å²) in [5, 5.41) is 0.421. The molecule has 0 aromatic heterocycles. The van der Waals surface area contributed by atoms with Crippen molar-refractivity contribution in [3.8, 4) is 0 Å². The Kier molecular flexibility index (Phi) is 7.37. The predicted octanol–water partition coefficient (Wildman–Crippen LogP) is 5.75. The monoisotopic (exact) mass is 396 g/mol. The lowest BCUT2D eigenvalue weighted by Gasteiger charge is -2.47. The van der Waals surface area contributed by atoms with Gasteiger partial charge in [0.2, 0.25) is 0 Å². The van der Waals surface area contributed by atoms with Crippen molar-refractivity contribution in [3.63, 3.8) is 0 Å². The Morgan fingerprint density at radius 1 is 0.500 bits per heavy atom. The summed E-state index contributed by atoms with van der Waals surface area (Å²) in [5.41, 5.74) is 0. The van der Waals surface area contributed by atoms with Crippen LogP contribution in [0.25, 0.3) is 0 Å². The van der Waals surface area contributed by atoms with Crippen LogP contribution < -0.4 is 0 Å². The maximum Gasteiger partial charge on any atom is 0.316 e. The average molecular weight is 397 g/mol. The Morgan fingerprint density at radius 2 is 0.773 bits per heavy atom. The molecule has 3 nitrogen and oxygen atoms in total. The Labute approximate surface area is 144 Å². The minimum atomic E-state index is -2.28. The molecular weight excluding hydrogens is 357 g/mol. The first-order valence-electron chi connectivity index (χ1n) is 8.38. The van der Waals surface area contributed by atoms with Crippen molar-refractivity contribution >= 4 is 41.8 Å². The molecule has 0 heterocycles. The van der Waals surface area contributed by atoms with E-state index in [0.29, 0.717) is 5.16 Å². The summed E-state index contributed by atoms with van der Waals surface area (Å²) in [5.74, 6) is 0. The Balaban J connectivity index is 5.58. The molecule has 0 rings (SSSR count). The van der Waals surface area contributed by atoms with Crippen LogP contribution in [0.1, 0.15) is 6.92 Å². The quantitative estimate of drug-likeness (QED) is 0.489. The van der Waals surface area contributed by atoms with Crippen LogP contribution >= 0.6 is 0 Å². The van der Waals surface area contributed by atoms with Gasteiger partial charge in [0.25, 0.3) is 0 Å². The van der Waals surface area contributed by atoms with Gasteiger partial charge in [-0.3, -0.25) is 0 Å². The molecule has 0 aromatic rings. The smallest absolute Gasteiger partial charge is 0.316 e. The predicted molar refractivity (Wildman–Crippen MR) is 112 cm³/mol. The molecule has 0 spiro atoms. The number of hydrogen-bond donors (Lipinski definition) is 0. The second-order valence-electron chi connectivity index (χ2n) is 9.98. The molecule has 0 fully saturated rings. The van der Waals surface area contributed by atoms with Crippen LogP contribution in [-0.4, -0.2) is 41.8 Å². The highest BCUT2D eigenvalue weighted by atomic mass is 28.5. The second kappa shape index (κ2) is 7.07. The lowest BCUT2D eigenvalue weighted by molar-refractivity contribution is 0.373. The second-order valence-corrected chi connectivity index (χ2v) is 32.7. The first-order chi connectivity index (χ1) is 9.28. The normalized spacial score (nSPS) is 16.8. The highest BCUT2D eigenvalue weighted by Crippen LogP contribution is 2.38. The highest BCUT2D eigenvalue weighted by Gasteiger charge is 2.52. The maximum atomic E-state index is 6.72. The van der Waals surface area contributed by atoms with E-state index in [-0.39, 0.29) is 0 Å². The molecule has 0 aromatic carbocycles. The van der Waals surface area contributed by atoms with Gasteiger partial charge in [0.15, 0.2) is 33.3 Å². The van der Waals surface area contributed by atoms with Gasteiger partial charge in [0.1, 0.15) is 0 Å². The fourth-order valence-electron chi connectivity index (χ4n) is 2.92. The van der Waals surface area contributed by atoms with Crippen LogP contribution in [0.2, 0.25) is 83.7 Å². The van der Waals surface area contributed by atoms with Crippen LogP contribution in [0.3, 0.4) is 0 Å². The maximum absolute atomic E-state index is 6.72. The first kappa shape index (κ1) is 23.0. The molecule has 0 bridgehead atoms. The van der Waals surface area contributed by atoms with Crippen molar-refractivity contribution in [2.75, 3.05) is 0 Å². The van der Waals surface area contributed by atoms with E-state index < -0.39 is 41.8 Å². The molecule has 0 saturated carbocycles. The molecule has 0 aliphatic rings. The summed E-state index contributed by atoms with van der Waals surface area (Å²) >= 11 is 0. The average Bonchev–Trinajstić information content (AvgIpc) is 2.05. The van der Waals surface area contributed by atoms with E-state index in [9.17, 15) is 0 Å². The minimum absolute atomic E-state index is 0.421. The standard InChI is InChI=1S/C14H40O3Si5/c1-14(21(11,12)15-18(2,3)4)22(13,16-19(5,6)7)17-20(8,9)10/h14H,1-13H3. The molecular formula is C14H40O3Si5. The van der Waals surface area contributed by atoms with Crippen molar-refractivity contribution in [3.05, 3.63) is 0 Å². The molecule has 0 radical (unpaired) electrons. The van der Waals surface area contributed by atoms with Gasteiger partial charge in [0.05, 0.1) is 0 Å². The van der Waals surface area contributed by atoms with Gasteiger partial charge in [-0.05, 0) is 78.6 Å². The van der Waals surface area contributed by atoms with Gasteiger partial charge in [-0.25, -0.2) is 0 Å². The molecule has 1 atom stereocenters. The van der Waals surface area contributed by atoms with Crippen molar-refractivity contribution in [2.24, 2.45) is 0 Å². The third-order valence-corrected chi connectivity index (χ3v) is 23.4. The molecule has 0 aliphatic heterocycles. The van der Waals surface area contributed by atoms with E-state index in [1.807, 2.05) is 0 Å². The Hall–Kier alpha value is 0.964. The molecule has 22 heavy (non-hydrogen) atoms. The van der Waals surface area contributed by atoms with E-state index in [2.05, 4.69) is 85.5 Å². The lowest BCUT2D eigenvalue weighted by atomic mass is 10.9. The van der Waals surface area contributed by atoms with Crippen molar-refractivity contribution < 1.29 is 12.3 Å². The SMILES string of the molecule is CC([Si](C)(C)O[Si](C)(C)C)[Si](C)(O[Si](C)(C)C)O[Si](C)(C)C.